The maximum Gasteiger partial charge on any atom is 0.262 e. The van der Waals surface area contributed by atoms with E-state index in [2.05, 4.69) is 25.7 Å². The topological polar surface area (TPSA) is 96.4 Å². The van der Waals surface area contributed by atoms with Crippen LogP contribution < -0.4 is 20.3 Å². The molecule has 8 heteroatoms. The smallest absolute Gasteiger partial charge is 0.262 e. The fourth-order valence-electron chi connectivity index (χ4n) is 3.50. The summed E-state index contributed by atoms with van der Waals surface area (Å²) < 4.78 is 5.50. The van der Waals surface area contributed by atoms with Gasteiger partial charge in [-0.25, -0.2) is 0 Å². The van der Waals surface area contributed by atoms with Gasteiger partial charge in [0.1, 0.15) is 5.75 Å². The third-order valence-corrected chi connectivity index (χ3v) is 5.09. The molecule has 1 fully saturated rings. The first-order valence-electron chi connectivity index (χ1n) is 10.6. The Morgan fingerprint density at radius 3 is 2.16 bits per heavy atom. The maximum absolute atomic E-state index is 12.2. The van der Waals surface area contributed by atoms with Crippen LogP contribution in [0, 0.1) is 0 Å². The number of ether oxygens (including phenoxy) is 1. The van der Waals surface area contributed by atoms with Crippen LogP contribution in [0.15, 0.2) is 60.7 Å². The van der Waals surface area contributed by atoms with E-state index in [1.165, 1.54) is 19.8 Å². The van der Waals surface area contributed by atoms with Gasteiger partial charge in [-0.2, -0.15) is 0 Å². The Balaban J connectivity index is 1.28. The molecular formula is C24H25N5O3. The van der Waals surface area contributed by atoms with Crippen molar-refractivity contribution < 1.29 is 14.3 Å². The van der Waals surface area contributed by atoms with Gasteiger partial charge in [0.25, 0.3) is 5.91 Å². The van der Waals surface area contributed by atoms with E-state index >= 15 is 0 Å². The molecule has 0 unspecified atom stereocenters. The molecule has 0 bridgehead atoms. The number of nitrogens with zero attached hydrogens (tertiary/aromatic N) is 3. The zero-order valence-corrected chi connectivity index (χ0v) is 17.9. The molecule has 0 radical (unpaired) electrons. The monoisotopic (exact) mass is 431 g/mol. The number of nitrogens with one attached hydrogen (secondary N) is 2. The average molecular weight is 431 g/mol. The molecule has 0 saturated carbocycles. The second-order valence-electron chi connectivity index (χ2n) is 7.59. The summed E-state index contributed by atoms with van der Waals surface area (Å²) in [5.74, 6) is 1.05. The predicted octanol–water partition coefficient (Wildman–Crippen LogP) is 3.72. The number of benzene rings is 2. The third kappa shape index (κ3) is 5.60. The van der Waals surface area contributed by atoms with E-state index in [1.54, 1.807) is 24.3 Å². The highest BCUT2D eigenvalue weighted by molar-refractivity contribution is 5.92. The first-order chi connectivity index (χ1) is 15.6. The van der Waals surface area contributed by atoms with Crippen molar-refractivity contribution >= 4 is 29.0 Å². The van der Waals surface area contributed by atoms with Crippen molar-refractivity contribution in [2.45, 2.75) is 19.8 Å². The van der Waals surface area contributed by atoms with Crippen molar-refractivity contribution in [3.8, 4) is 17.0 Å². The van der Waals surface area contributed by atoms with E-state index in [0.29, 0.717) is 17.1 Å². The molecule has 1 aliphatic rings. The lowest BCUT2D eigenvalue weighted by atomic mass is 10.1. The van der Waals surface area contributed by atoms with Crippen molar-refractivity contribution in [3.63, 3.8) is 0 Å². The van der Waals surface area contributed by atoms with E-state index in [-0.39, 0.29) is 18.4 Å². The normalized spacial score (nSPS) is 13.0. The van der Waals surface area contributed by atoms with Crippen LogP contribution >= 0.6 is 0 Å². The number of anilines is 3. The molecule has 3 aromatic rings. The number of amides is 2. The van der Waals surface area contributed by atoms with Crippen LogP contribution in [0.3, 0.4) is 0 Å². The van der Waals surface area contributed by atoms with Gasteiger partial charge in [0.15, 0.2) is 12.4 Å². The van der Waals surface area contributed by atoms with Gasteiger partial charge in [-0.05, 0) is 61.4 Å². The van der Waals surface area contributed by atoms with Crippen LogP contribution in [-0.2, 0) is 9.59 Å². The highest BCUT2D eigenvalue weighted by Gasteiger charge is 2.14. The Morgan fingerprint density at radius 2 is 1.53 bits per heavy atom. The largest absolute Gasteiger partial charge is 0.484 e. The minimum absolute atomic E-state index is 0.120. The van der Waals surface area contributed by atoms with Gasteiger partial charge in [0.05, 0.1) is 5.69 Å². The number of carbonyl (C=O) groups is 2. The minimum Gasteiger partial charge on any atom is -0.484 e. The lowest BCUT2D eigenvalue weighted by Crippen LogP contribution is -2.20. The summed E-state index contributed by atoms with van der Waals surface area (Å²) in [6.07, 6.45) is 2.40. The number of rotatable bonds is 7. The number of aromatic nitrogens is 2. The van der Waals surface area contributed by atoms with Crippen LogP contribution in [0.25, 0.3) is 11.3 Å². The quantitative estimate of drug-likeness (QED) is 0.592. The first kappa shape index (κ1) is 21.3. The Kier molecular flexibility index (Phi) is 6.60. The van der Waals surface area contributed by atoms with Gasteiger partial charge in [-0.15, -0.1) is 10.2 Å². The molecule has 1 saturated heterocycles. The molecule has 2 aromatic carbocycles. The van der Waals surface area contributed by atoms with Crippen molar-refractivity contribution in [2.75, 3.05) is 35.2 Å². The molecule has 2 heterocycles. The predicted molar refractivity (Wildman–Crippen MR) is 124 cm³/mol. The molecule has 0 spiro atoms. The molecule has 8 nitrogen and oxygen atoms in total. The van der Waals surface area contributed by atoms with Crippen molar-refractivity contribution in [1.29, 1.82) is 0 Å². The van der Waals surface area contributed by atoms with Gasteiger partial charge in [0, 0.05) is 37.0 Å². The maximum atomic E-state index is 12.2. The molecule has 4 rings (SSSR count). The highest BCUT2D eigenvalue weighted by atomic mass is 16.5. The second kappa shape index (κ2) is 9.91. The van der Waals surface area contributed by atoms with Gasteiger partial charge in [-0.1, -0.05) is 12.1 Å². The molecule has 164 valence electrons. The molecule has 0 aliphatic carbocycles. The molecule has 1 aromatic heterocycles. The molecule has 0 atom stereocenters. The molecule has 32 heavy (non-hydrogen) atoms. The number of hydrogen-bond donors (Lipinski definition) is 2. The summed E-state index contributed by atoms with van der Waals surface area (Å²) in [5.41, 5.74) is 3.06. The number of hydrogen-bond acceptors (Lipinski definition) is 6. The fourth-order valence-corrected chi connectivity index (χ4v) is 3.50. The highest BCUT2D eigenvalue weighted by Crippen LogP contribution is 2.22. The minimum atomic E-state index is -0.265. The van der Waals surface area contributed by atoms with Crippen LogP contribution in [0.2, 0.25) is 0 Å². The fraction of sp³-hybridized carbons (Fsp3) is 0.250. The molecule has 2 amide bonds. The van der Waals surface area contributed by atoms with Crippen molar-refractivity contribution in [3.05, 3.63) is 60.7 Å². The zero-order valence-electron chi connectivity index (χ0n) is 17.9. The van der Waals surface area contributed by atoms with Crippen LogP contribution in [0.1, 0.15) is 19.8 Å². The Labute approximate surface area is 186 Å². The Morgan fingerprint density at radius 1 is 0.875 bits per heavy atom. The van der Waals surface area contributed by atoms with E-state index in [4.69, 9.17) is 4.74 Å². The van der Waals surface area contributed by atoms with Crippen LogP contribution in [-0.4, -0.2) is 41.7 Å². The van der Waals surface area contributed by atoms with E-state index in [1.807, 2.05) is 36.4 Å². The Bertz CT molecular complexity index is 1060. The van der Waals surface area contributed by atoms with Gasteiger partial charge in [-0.3, -0.25) is 9.59 Å². The zero-order chi connectivity index (χ0) is 22.3. The van der Waals surface area contributed by atoms with E-state index in [9.17, 15) is 9.59 Å². The average Bonchev–Trinajstić information content (AvgIpc) is 3.34. The lowest BCUT2D eigenvalue weighted by molar-refractivity contribution is -0.118. The summed E-state index contributed by atoms with van der Waals surface area (Å²) in [4.78, 5) is 25.5. The lowest BCUT2D eigenvalue weighted by Gasteiger charge is -2.15. The van der Waals surface area contributed by atoms with E-state index in [0.717, 1.165) is 30.2 Å². The Hall–Kier alpha value is -3.94. The van der Waals surface area contributed by atoms with Gasteiger partial charge >= 0.3 is 0 Å². The summed E-state index contributed by atoms with van der Waals surface area (Å²) in [5, 5.41) is 14.2. The third-order valence-electron chi connectivity index (χ3n) is 5.09. The summed E-state index contributed by atoms with van der Waals surface area (Å²) in [6, 6.07) is 18.3. The molecule has 1 aliphatic heterocycles. The second-order valence-corrected chi connectivity index (χ2v) is 7.59. The van der Waals surface area contributed by atoms with Crippen molar-refractivity contribution in [1.82, 2.24) is 10.2 Å². The van der Waals surface area contributed by atoms with E-state index < -0.39 is 0 Å². The van der Waals surface area contributed by atoms with Crippen LogP contribution in [0.5, 0.6) is 5.75 Å². The summed E-state index contributed by atoms with van der Waals surface area (Å²) in [6.45, 7) is 3.40. The molecular weight excluding hydrogens is 406 g/mol. The van der Waals surface area contributed by atoms with Gasteiger partial charge < -0.3 is 20.3 Å². The molecule has 2 N–H and O–H groups in total. The van der Waals surface area contributed by atoms with Crippen LogP contribution in [0.4, 0.5) is 17.2 Å². The first-order valence-corrected chi connectivity index (χ1v) is 10.6. The standard InChI is InChI=1S/C24H25N5O3/c1-17(30)25-19-8-10-21(11-9-19)32-16-24(31)26-20-6-4-18(5-7-20)22-12-13-23(28-27-22)29-14-2-3-15-29/h4-13H,2-3,14-16H2,1H3,(H,25,30)(H,26,31). The van der Waals surface area contributed by atoms with Gasteiger partial charge in [0.2, 0.25) is 5.91 Å². The van der Waals surface area contributed by atoms with Crippen molar-refractivity contribution in [2.24, 2.45) is 0 Å². The summed E-state index contributed by atoms with van der Waals surface area (Å²) in [7, 11) is 0. The summed E-state index contributed by atoms with van der Waals surface area (Å²) >= 11 is 0. The number of carbonyl (C=O) groups excluding carboxylic acids is 2. The SMILES string of the molecule is CC(=O)Nc1ccc(OCC(=O)Nc2ccc(-c3ccc(N4CCCC4)nn3)cc2)cc1.